The molecule has 2 rings (SSSR count). The fraction of sp³-hybridized carbons (Fsp3) is 0.750. The predicted octanol–water partition coefficient (Wildman–Crippen LogP) is 1.39. The first-order chi connectivity index (χ1) is 11.0. The maximum absolute atomic E-state index is 12.8. The van der Waals surface area contributed by atoms with Gasteiger partial charge < -0.3 is 9.47 Å². The van der Waals surface area contributed by atoms with Gasteiger partial charge in [-0.25, -0.2) is 13.4 Å². The lowest BCUT2D eigenvalue weighted by atomic mass is 9.91. The SMILES string of the molecule is Cc1nc(S(=O)(=O)N2CCCN(C(=O)CC(C)(C)C)CC2)cn1C. The molecule has 1 aromatic heterocycles. The van der Waals surface area contributed by atoms with Crippen LogP contribution in [0.1, 0.15) is 39.4 Å². The van der Waals surface area contributed by atoms with Gasteiger partial charge in [-0.15, -0.1) is 0 Å². The molecule has 1 saturated heterocycles. The maximum Gasteiger partial charge on any atom is 0.262 e. The molecule has 7 nitrogen and oxygen atoms in total. The molecule has 0 spiro atoms. The molecule has 2 heterocycles. The highest BCUT2D eigenvalue weighted by atomic mass is 32.2. The smallest absolute Gasteiger partial charge is 0.262 e. The summed E-state index contributed by atoms with van der Waals surface area (Å²) < 4.78 is 28.7. The van der Waals surface area contributed by atoms with Crippen LogP contribution in [0, 0.1) is 12.3 Å². The van der Waals surface area contributed by atoms with Gasteiger partial charge in [0.05, 0.1) is 0 Å². The van der Waals surface area contributed by atoms with E-state index < -0.39 is 10.0 Å². The van der Waals surface area contributed by atoms with Crippen LogP contribution in [0.15, 0.2) is 11.2 Å². The molecule has 1 aromatic rings. The first-order valence-electron chi connectivity index (χ1n) is 8.28. The Morgan fingerprint density at radius 2 is 1.88 bits per heavy atom. The zero-order valence-corrected chi connectivity index (χ0v) is 16.1. The number of hydrogen-bond donors (Lipinski definition) is 0. The fourth-order valence-electron chi connectivity index (χ4n) is 2.73. The van der Waals surface area contributed by atoms with Crippen molar-refractivity contribution >= 4 is 15.9 Å². The van der Waals surface area contributed by atoms with Crippen molar-refractivity contribution in [2.75, 3.05) is 26.2 Å². The monoisotopic (exact) mass is 356 g/mol. The number of imidazole rings is 1. The van der Waals surface area contributed by atoms with E-state index in [4.69, 9.17) is 0 Å². The number of carbonyl (C=O) groups is 1. The minimum Gasteiger partial charge on any atom is -0.341 e. The van der Waals surface area contributed by atoms with Crippen LogP contribution in [0.25, 0.3) is 0 Å². The first-order valence-corrected chi connectivity index (χ1v) is 9.72. The molecule has 1 aliphatic heterocycles. The summed E-state index contributed by atoms with van der Waals surface area (Å²) >= 11 is 0. The minimum atomic E-state index is -3.61. The van der Waals surface area contributed by atoms with Crippen molar-refractivity contribution < 1.29 is 13.2 Å². The van der Waals surface area contributed by atoms with E-state index in [1.165, 1.54) is 10.5 Å². The number of carbonyl (C=O) groups excluding carboxylic acids is 1. The molecule has 1 amide bonds. The first kappa shape index (κ1) is 18.9. The molecule has 24 heavy (non-hydrogen) atoms. The summed E-state index contributed by atoms with van der Waals surface area (Å²) in [5, 5.41) is 0.0805. The van der Waals surface area contributed by atoms with E-state index in [9.17, 15) is 13.2 Å². The van der Waals surface area contributed by atoms with E-state index in [1.807, 2.05) is 20.8 Å². The Bertz CT molecular complexity index is 684. The number of hydrogen-bond acceptors (Lipinski definition) is 4. The summed E-state index contributed by atoms with van der Waals surface area (Å²) in [6, 6.07) is 0. The zero-order chi connectivity index (χ0) is 18.1. The van der Waals surface area contributed by atoms with Crippen LogP contribution < -0.4 is 0 Å². The zero-order valence-electron chi connectivity index (χ0n) is 15.2. The number of rotatable bonds is 3. The van der Waals surface area contributed by atoms with Crippen LogP contribution in [-0.4, -0.2) is 59.3 Å². The molecule has 0 N–H and O–H groups in total. The van der Waals surface area contributed by atoms with Gasteiger partial charge in [0.1, 0.15) is 5.82 Å². The second kappa shape index (κ2) is 6.84. The summed E-state index contributed by atoms with van der Waals surface area (Å²) in [5.74, 6) is 0.751. The lowest BCUT2D eigenvalue weighted by molar-refractivity contribution is -0.132. The molecule has 0 radical (unpaired) electrons. The van der Waals surface area contributed by atoms with E-state index in [1.54, 1.807) is 23.4 Å². The Balaban J connectivity index is 2.09. The van der Waals surface area contributed by atoms with Gasteiger partial charge in [-0.2, -0.15) is 4.31 Å². The molecule has 1 fully saturated rings. The Morgan fingerprint density at radius 1 is 1.21 bits per heavy atom. The highest BCUT2D eigenvalue weighted by molar-refractivity contribution is 7.89. The molecule has 136 valence electrons. The van der Waals surface area contributed by atoms with Gasteiger partial charge in [0, 0.05) is 45.8 Å². The molecular formula is C16H28N4O3S. The normalized spacial score (nSPS) is 17.8. The summed E-state index contributed by atoms with van der Waals surface area (Å²) in [4.78, 5) is 18.3. The lowest BCUT2D eigenvalue weighted by Crippen LogP contribution is -2.38. The van der Waals surface area contributed by atoms with Crippen LogP contribution in [0.5, 0.6) is 0 Å². The van der Waals surface area contributed by atoms with Gasteiger partial charge in [-0.05, 0) is 18.8 Å². The highest BCUT2D eigenvalue weighted by Gasteiger charge is 2.31. The molecule has 8 heteroatoms. The van der Waals surface area contributed by atoms with Crippen LogP contribution in [0.3, 0.4) is 0 Å². The molecular weight excluding hydrogens is 328 g/mol. The van der Waals surface area contributed by atoms with E-state index in [-0.39, 0.29) is 16.3 Å². The topological polar surface area (TPSA) is 75.5 Å². The second-order valence-electron chi connectivity index (χ2n) is 7.61. The third-order valence-electron chi connectivity index (χ3n) is 4.18. The number of aryl methyl sites for hydroxylation is 2. The molecule has 1 aliphatic rings. The number of amides is 1. The van der Waals surface area contributed by atoms with Gasteiger partial charge in [-0.1, -0.05) is 20.8 Å². The average molecular weight is 356 g/mol. The standard InChI is InChI=1S/C16H28N4O3S/c1-13-17-14(12-18(13)5)24(22,23)20-8-6-7-19(9-10-20)15(21)11-16(2,3)4/h12H,6-11H2,1-5H3. The number of aromatic nitrogens is 2. The molecule has 0 atom stereocenters. The maximum atomic E-state index is 12.8. The van der Waals surface area contributed by atoms with E-state index in [0.29, 0.717) is 44.8 Å². The molecule has 0 unspecified atom stereocenters. The Kier molecular flexibility index (Phi) is 5.39. The highest BCUT2D eigenvalue weighted by Crippen LogP contribution is 2.21. The second-order valence-corrected chi connectivity index (χ2v) is 9.50. The van der Waals surface area contributed by atoms with Crippen LogP contribution in [0.2, 0.25) is 0 Å². The predicted molar refractivity (Wildman–Crippen MR) is 92.0 cm³/mol. The Morgan fingerprint density at radius 3 is 2.42 bits per heavy atom. The van der Waals surface area contributed by atoms with Gasteiger partial charge >= 0.3 is 0 Å². The molecule has 0 bridgehead atoms. The number of nitrogens with zero attached hydrogens (tertiary/aromatic N) is 4. The van der Waals surface area contributed by atoms with Crippen LogP contribution in [-0.2, 0) is 21.9 Å². The van der Waals surface area contributed by atoms with Crippen LogP contribution >= 0.6 is 0 Å². The van der Waals surface area contributed by atoms with E-state index >= 15 is 0 Å². The van der Waals surface area contributed by atoms with Crippen molar-refractivity contribution in [3.05, 3.63) is 12.0 Å². The van der Waals surface area contributed by atoms with Gasteiger partial charge in [0.2, 0.25) is 5.91 Å². The minimum absolute atomic E-state index is 0.0688. The summed E-state index contributed by atoms with van der Waals surface area (Å²) in [7, 11) is -1.83. The molecule has 0 saturated carbocycles. The summed E-state index contributed by atoms with van der Waals surface area (Å²) in [6.07, 6.45) is 2.65. The Labute approximate surface area is 144 Å². The van der Waals surface area contributed by atoms with Crippen molar-refractivity contribution in [1.82, 2.24) is 18.8 Å². The van der Waals surface area contributed by atoms with Crippen molar-refractivity contribution in [2.24, 2.45) is 12.5 Å². The van der Waals surface area contributed by atoms with E-state index in [2.05, 4.69) is 4.98 Å². The van der Waals surface area contributed by atoms with Gasteiger partial charge in [0.15, 0.2) is 5.03 Å². The molecule has 0 aromatic carbocycles. The van der Waals surface area contributed by atoms with Gasteiger partial charge in [-0.3, -0.25) is 4.79 Å². The third kappa shape index (κ3) is 4.36. The lowest BCUT2D eigenvalue weighted by Gasteiger charge is -2.25. The third-order valence-corrected chi connectivity index (χ3v) is 5.95. The largest absolute Gasteiger partial charge is 0.341 e. The van der Waals surface area contributed by atoms with Crippen molar-refractivity contribution in [1.29, 1.82) is 0 Å². The quantitative estimate of drug-likeness (QED) is 0.820. The van der Waals surface area contributed by atoms with Crippen molar-refractivity contribution in [3.63, 3.8) is 0 Å². The average Bonchev–Trinajstić information content (AvgIpc) is 2.67. The fourth-order valence-corrected chi connectivity index (χ4v) is 4.23. The molecule has 0 aliphatic carbocycles. The summed E-state index contributed by atoms with van der Waals surface area (Å²) in [5.41, 5.74) is -0.0688. The van der Waals surface area contributed by atoms with E-state index in [0.717, 1.165) is 0 Å². The summed E-state index contributed by atoms with van der Waals surface area (Å²) in [6.45, 7) is 9.62. The van der Waals surface area contributed by atoms with Crippen LogP contribution in [0.4, 0.5) is 0 Å². The Hall–Kier alpha value is -1.41. The van der Waals surface area contributed by atoms with Crippen molar-refractivity contribution in [3.8, 4) is 0 Å². The van der Waals surface area contributed by atoms with Gasteiger partial charge in [0.25, 0.3) is 10.0 Å². The number of sulfonamides is 1. The van der Waals surface area contributed by atoms with Crippen molar-refractivity contribution in [2.45, 2.75) is 45.6 Å².